The molecule has 1 saturated heterocycles. The van der Waals surface area contributed by atoms with Gasteiger partial charge in [0.2, 0.25) is 0 Å². The number of hydrogen-bond acceptors (Lipinski definition) is 5. The monoisotopic (exact) mass is 498 g/mol. The molecule has 36 heavy (non-hydrogen) atoms. The van der Waals surface area contributed by atoms with E-state index in [1.165, 1.54) is 0 Å². The fourth-order valence-corrected chi connectivity index (χ4v) is 4.73. The van der Waals surface area contributed by atoms with Crippen LogP contribution in [0.5, 0.6) is 5.75 Å². The fraction of sp³-hybridized carbons (Fsp3) is 0.207. The molecule has 1 fully saturated rings. The normalized spacial score (nSPS) is 13.5. The minimum absolute atomic E-state index is 0.153. The van der Waals surface area contributed by atoms with E-state index in [1.54, 1.807) is 29.9 Å². The number of hydrogen-bond donors (Lipinski definition) is 0. The number of anilines is 1. The largest absolute Gasteiger partial charge is 0.497 e. The van der Waals surface area contributed by atoms with Crippen LogP contribution in [-0.2, 0) is 0 Å². The molecule has 5 rings (SSSR count). The zero-order valence-electron chi connectivity index (χ0n) is 20.3. The van der Waals surface area contributed by atoms with Crippen LogP contribution < -0.4 is 15.2 Å². The number of aryl methyl sites for hydroxylation is 1. The molecule has 6 nitrogen and oxygen atoms in total. The summed E-state index contributed by atoms with van der Waals surface area (Å²) in [5, 5.41) is 10.0. The van der Waals surface area contributed by atoms with E-state index in [-0.39, 0.29) is 5.56 Å². The standard InChI is InChI=1S/C29H27ClN4O2/c1-20-8-3-4-11-26(20)31-32-28-25(21-12-14-24(36-2)15-13-21)19-27(35)34(23-10-7-9-22(30)18-23)29(28)33-16-5-6-17-33/h3-4,7-15,18-19H,5-6,16-17H2,1-2H3. The quantitative estimate of drug-likeness (QED) is 0.259. The molecule has 1 aliphatic heterocycles. The summed E-state index contributed by atoms with van der Waals surface area (Å²) in [6.07, 6.45) is 2.09. The molecule has 0 unspecified atom stereocenters. The van der Waals surface area contributed by atoms with Crippen LogP contribution in [0.4, 0.5) is 17.2 Å². The molecule has 0 aliphatic carbocycles. The van der Waals surface area contributed by atoms with Gasteiger partial charge in [-0.25, -0.2) is 0 Å². The van der Waals surface area contributed by atoms with Gasteiger partial charge in [-0.15, -0.1) is 5.11 Å². The molecule has 2 heterocycles. The molecule has 1 aliphatic rings. The molecular formula is C29H27ClN4O2. The number of ether oxygens (including phenoxy) is 1. The first-order valence-corrected chi connectivity index (χ1v) is 12.4. The lowest BCUT2D eigenvalue weighted by molar-refractivity contribution is 0.415. The number of benzene rings is 3. The van der Waals surface area contributed by atoms with E-state index in [0.717, 1.165) is 59.9 Å². The molecule has 0 N–H and O–H groups in total. The number of aromatic nitrogens is 1. The summed E-state index contributed by atoms with van der Waals surface area (Å²) in [6, 6.07) is 24.5. The lowest BCUT2D eigenvalue weighted by atomic mass is 10.0. The molecule has 4 aromatic rings. The van der Waals surface area contributed by atoms with E-state index in [9.17, 15) is 4.79 Å². The van der Waals surface area contributed by atoms with Crippen molar-refractivity contribution in [2.75, 3.05) is 25.1 Å². The second-order valence-electron chi connectivity index (χ2n) is 8.79. The number of nitrogens with zero attached hydrogens (tertiary/aromatic N) is 4. The highest BCUT2D eigenvalue weighted by Gasteiger charge is 2.25. The van der Waals surface area contributed by atoms with E-state index < -0.39 is 0 Å². The first-order valence-electron chi connectivity index (χ1n) is 12.0. The highest BCUT2D eigenvalue weighted by Crippen LogP contribution is 2.41. The van der Waals surface area contributed by atoms with E-state index >= 15 is 0 Å². The van der Waals surface area contributed by atoms with E-state index in [2.05, 4.69) is 10.0 Å². The van der Waals surface area contributed by atoms with Gasteiger partial charge in [-0.2, -0.15) is 5.11 Å². The van der Waals surface area contributed by atoms with Gasteiger partial charge >= 0.3 is 0 Å². The van der Waals surface area contributed by atoms with Crippen LogP contribution in [0.25, 0.3) is 16.8 Å². The van der Waals surface area contributed by atoms with Crippen LogP contribution in [0.2, 0.25) is 5.02 Å². The number of rotatable bonds is 6. The molecule has 0 spiro atoms. The van der Waals surface area contributed by atoms with Gasteiger partial charge in [0.15, 0.2) is 0 Å². The molecule has 1 aromatic heterocycles. The van der Waals surface area contributed by atoms with E-state index in [4.69, 9.17) is 21.5 Å². The summed E-state index contributed by atoms with van der Waals surface area (Å²) in [5.41, 5.74) is 4.59. The lowest BCUT2D eigenvalue weighted by Gasteiger charge is -2.26. The van der Waals surface area contributed by atoms with Crippen LogP contribution >= 0.6 is 11.6 Å². The van der Waals surface area contributed by atoms with Crippen molar-refractivity contribution in [2.24, 2.45) is 10.2 Å². The zero-order chi connectivity index (χ0) is 25.1. The van der Waals surface area contributed by atoms with Crippen LogP contribution in [-0.4, -0.2) is 24.8 Å². The number of pyridine rings is 1. The first-order chi connectivity index (χ1) is 17.5. The molecule has 0 atom stereocenters. The molecule has 7 heteroatoms. The van der Waals surface area contributed by atoms with Crippen molar-refractivity contribution in [2.45, 2.75) is 19.8 Å². The highest BCUT2D eigenvalue weighted by molar-refractivity contribution is 6.30. The van der Waals surface area contributed by atoms with Crippen molar-refractivity contribution in [1.29, 1.82) is 0 Å². The average Bonchev–Trinajstić information content (AvgIpc) is 3.43. The zero-order valence-corrected chi connectivity index (χ0v) is 21.1. The van der Waals surface area contributed by atoms with Gasteiger partial charge in [-0.3, -0.25) is 9.36 Å². The molecule has 0 saturated carbocycles. The number of halogens is 1. The maximum Gasteiger partial charge on any atom is 0.257 e. The van der Waals surface area contributed by atoms with E-state index in [0.29, 0.717) is 16.4 Å². The Balaban J connectivity index is 1.81. The second kappa shape index (κ2) is 10.4. The average molecular weight is 499 g/mol. The molecule has 0 radical (unpaired) electrons. The molecule has 0 amide bonds. The van der Waals surface area contributed by atoms with Crippen molar-refractivity contribution in [1.82, 2.24) is 4.57 Å². The Kier molecular flexibility index (Phi) is 6.87. The van der Waals surface area contributed by atoms with Gasteiger partial charge in [-0.1, -0.05) is 48.0 Å². The topological polar surface area (TPSA) is 59.2 Å². The van der Waals surface area contributed by atoms with Crippen LogP contribution in [0.15, 0.2) is 93.9 Å². The third kappa shape index (κ3) is 4.77. The molecule has 3 aromatic carbocycles. The lowest BCUT2D eigenvalue weighted by Crippen LogP contribution is -2.29. The van der Waals surface area contributed by atoms with Gasteiger partial charge in [0.1, 0.15) is 17.3 Å². The second-order valence-corrected chi connectivity index (χ2v) is 9.23. The van der Waals surface area contributed by atoms with E-state index in [1.807, 2.05) is 67.6 Å². The first kappa shape index (κ1) is 23.8. The third-order valence-corrected chi connectivity index (χ3v) is 6.65. The van der Waals surface area contributed by atoms with Gasteiger partial charge in [-0.05, 0) is 67.3 Å². The maximum absolute atomic E-state index is 13.7. The van der Waals surface area contributed by atoms with Gasteiger partial charge in [0.05, 0.1) is 18.5 Å². The van der Waals surface area contributed by atoms with Gasteiger partial charge < -0.3 is 9.64 Å². The van der Waals surface area contributed by atoms with Crippen molar-refractivity contribution in [3.63, 3.8) is 0 Å². The van der Waals surface area contributed by atoms with Crippen LogP contribution in [0, 0.1) is 6.92 Å². The Morgan fingerprint density at radius 1 is 0.889 bits per heavy atom. The summed E-state index contributed by atoms with van der Waals surface area (Å²) in [6.45, 7) is 3.67. The maximum atomic E-state index is 13.7. The summed E-state index contributed by atoms with van der Waals surface area (Å²) >= 11 is 6.33. The van der Waals surface area contributed by atoms with Crippen molar-refractivity contribution in [3.8, 4) is 22.6 Å². The summed E-state index contributed by atoms with van der Waals surface area (Å²) < 4.78 is 7.05. The van der Waals surface area contributed by atoms with Crippen LogP contribution in [0.3, 0.4) is 0 Å². The SMILES string of the molecule is COc1ccc(-c2cc(=O)n(-c3cccc(Cl)c3)c(N3CCCC3)c2N=Nc2ccccc2C)cc1. The highest BCUT2D eigenvalue weighted by atomic mass is 35.5. The smallest absolute Gasteiger partial charge is 0.257 e. The van der Waals surface area contributed by atoms with Crippen LogP contribution in [0.1, 0.15) is 18.4 Å². The molecular weight excluding hydrogens is 472 g/mol. The predicted octanol–water partition coefficient (Wildman–Crippen LogP) is 7.49. The number of methoxy groups -OCH3 is 1. The van der Waals surface area contributed by atoms with Crippen molar-refractivity contribution in [3.05, 3.63) is 99.8 Å². The summed E-state index contributed by atoms with van der Waals surface area (Å²) in [7, 11) is 1.63. The van der Waals surface area contributed by atoms with Crippen molar-refractivity contribution >= 4 is 28.8 Å². The minimum atomic E-state index is -0.153. The number of azo groups is 1. The fourth-order valence-electron chi connectivity index (χ4n) is 4.54. The minimum Gasteiger partial charge on any atom is -0.497 e. The van der Waals surface area contributed by atoms with Gasteiger partial charge in [0, 0.05) is 29.7 Å². The Bertz CT molecular complexity index is 1470. The summed E-state index contributed by atoms with van der Waals surface area (Å²) in [5.74, 6) is 1.47. The Labute approximate surface area is 215 Å². The third-order valence-electron chi connectivity index (χ3n) is 6.41. The Morgan fingerprint density at radius 2 is 1.64 bits per heavy atom. The van der Waals surface area contributed by atoms with Crippen molar-refractivity contribution < 1.29 is 4.74 Å². The molecule has 0 bridgehead atoms. The molecule has 182 valence electrons. The van der Waals surface area contributed by atoms with Gasteiger partial charge in [0.25, 0.3) is 5.56 Å². The Hall–Kier alpha value is -3.90. The Morgan fingerprint density at radius 3 is 2.33 bits per heavy atom. The predicted molar refractivity (Wildman–Crippen MR) is 146 cm³/mol. The summed E-state index contributed by atoms with van der Waals surface area (Å²) in [4.78, 5) is 15.9.